The predicted octanol–water partition coefficient (Wildman–Crippen LogP) is 7.21. The van der Waals surface area contributed by atoms with Gasteiger partial charge in [-0.1, -0.05) is 83.5 Å². The molecule has 6 heteroatoms. The number of hydrogen-bond donors (Lipinski definition) is 0. The number of rotatable bonds is 11. The molecular formula is C27H36ClN3O2. The van der Waals surface area contributed by atoms with E-state index in [9.17, 15) is 4.79 Å². The van der Waals surface area contributed by atoms with Crippen LogP contribution in [0.3, 0.4) is 0 Å². The number of halogens is 1. The fourth-order valence-corrected chi connectivity index (χ4v) is 4.06. The molecule has 3 aromatic rings. The van der Waals surface area contributed by atoms with Crippen molar-refractivity contribution in [3.05, 3.63) is 52.5 Å². The van der Waals surface area contributed by atoms with Crippen molar-refractivity contribution in [1.82, 2.24) is 15.0 Å². The van der Waals surface area contributed by atoms with Crippen LogP contribution in [0.15, 0.2) is 36.4 Å². The minimum Gasteiger partial charge on any atom is -0.466 e. The number of nitrogens with zero attached hydrogens (tertiary/aromatic N) is 3. The summed E-state index contributed by atoms with van der Waals surface area (Å²) in [5.41, 5.74) is 4.63. The quantitative estimate of drug-likeness (QED) is 0.220. The van der Waals surface area contributed by atoms with E-state index in [1.165, 1.54) is 25.7 Å². The van der Waals surface area contributed by atoms with Gasteiger partial charge in [0.25, 0.3) is 0 Å². The lowest BCUT2D eigenvalue weighted by Crippen LogP contribution is -2.17. The minimum absolute atomic E-state index is 0.110. The fraction of sp³-hybridized carbons (Fsp3) is 0.519. The molecule has 3 rings (SSSR count). The molecule has 1 heterocycles. The first-order valence-corrected chi connectivity index (χ1v) is 12.5. The molecule has 0 atom stereocenters. The summed E-state index contributed by atoms with van der Waals surface area (Å²) in [6.45, 7) is 9.26. The monoisotopic (exact) mass is 469 g/mol. The zero-order chi connectivity index (χ0) is 23.8. The molecule has 5 nitrogen and oxygen atoms in total. The standard InChI is InChI=1S/C27H36ClN3O2/c1-5-6-7-8-9-10-17-33-26(32)16-12-20-11-15-25(22(18-20)27(2,3)4)31-29-23-14-13-21(28)19-24(23)30-31/h11,13-15,18-19H,5-10,12,16-17H2,1-4H3. The lowest BCUT2D eigenvalue weighted by atomic mass is 9.84. The van der Waals surface area contributed by atoms with Gasteiger partial charge in [-0.25, -0.2) is 0 Å². The van der Waals surface area contributed by atoms with Crippen LogP contribution in [0.25, 0.3) is 16.7 Å². The van der Waals surface area contributed by atoms with Crippen LogP contribution < -0.4 is 0 Å². The first-order valence-electron chi connectivity index (χ1n) is 12.1. The highest BCUT2D eigenvalue weighted by atomic mass is 35.5. The topological polar surface area (TPSA) is 57.0 Å². The molecule has 33 heavy (non-hydrogen) atoms. The second kappa shape index (κ2) is 11.6. The molecule has 0 saturated heterocycles. The van der Waals surface area contributed by atoms with Gasteiger partial charge < -0.3 is 4.74 Å². The molecule has 1 aromatic heterocycles. The highest BCUT2D eigenvalue weighted by molar-refractivity contribution is 6.31. The number of aryl methyl sites for hydroxylation is 1. The SMILES string of the molecule is CCCCCCCCOC(=O)CCc1ccc(-n2nc3ccc(Cl)cc3n2)c(C(C)(C)C)c1. The third kappa shape index (κ3) is 7.29. The number of unbranched alkanes of at least 4 members (excludes halogenated alkanes) is 5. The van der Waals surface area contributed by atoms with Crippen LogP contribution in [0.5, 0.6) is 0 Å². The number of carbonyl (C=O) groups excluding carboxylic acids is 1. The Morgan fingerprint density at radius 2 is 1.70 bits per heavy atom. The fourth-order valence-electron chi connectivity index (χ4n) is 3.90. The third-order valence-corrected chi connectivity index (χ3v) is 6.04. The third-order valence-electron chi connectivity index (χ3n) is 5.81. The van der Waals surface area contributed by atoms with Gasteiger partial charge >= 0.3 is 5.97 Å². The minimum atomic E-state index is -0.123. The van der Waals surface area contributed by atoms with E-state index >= 15 is 0 Å². The molecule has 0 fully saturated rings. The van der Waals surface area contributed by atoms with Gasteiger partial charge in [-0.3, -0.25) is 4.79 Å². The van der Waals surface area contributed by atoms with Crippen molar-refractivity contribution >= 4 is 28.6 Å². The lowest BCUT2D eigenvalue weighted by Gasteiger charge is -2.23. The smallest absolute Gasteiger partial charge is 0.306 e. The summed E-state index contributed by atoms with van der Waals surface area (Å²) in [7, 11) is 0. The first kappa shape index (κ1) is 25.2. The molecule has 0 spiro atoms. The highest BCUT2D eigenvalue weighted by Gasteiger charge is 2.21. The van der Waals surface area contributed by atoms with E-state index < -0.39 is 0 Å². The van der Waals surface area contributed by atoms with Crippen LogP contribution in [0.2, 0.25) is 5.02 Å². The largest absolute Gasteiger partial charge is 0.466 e. The van der Waals surface area contributed by atoms with Crippen LogP contribution in [-0.4, -0.2) is 27.6 Å². The molecule has 0 amide bonds. The number of benzene rings is 2. The molecule has 0 N–H and O–H groups in total. The molecule has 0 bridgehead atoms. The van der Waals surface area contributed by atoms with E-state index in [1.54, 1.807) is 4.80 Å². The van der Waals surface area contributed by atoms with E-state index in [0.29, 0.717) is 24.5 Å². The van der Waals surface area contributed by atoms with Gasteiger partial charge in [-0.05, 0) is 53.6 Å². The normalized spacial score (nSPS) is 11.8. The number of carbonyl (C=O) groups is 1. The maximum atomic E-state index is 12.2. The maximum absolute atomic E-state index is 12.2. The number of ether oxygens (including phenoxy) is 1. The van der Waals surface area contributed by atoms with Gasteiger partial charge in [0, 0.05) is 11.4 Å². The van der Waals surface area contributed by atoms with Crippen LogP contribution in [0.1, 0.15) is 83.8 Å². The highest BCUT2D eigenvalue weighted by Crippen LogP contribution is 2.30. The van der Waals surface area contributed by atoms with Crippen LogP contribution in [-0.2, 0) is 21.4 Å². The van der Waals surface area contributed by atoms with E-state index in [4.69, 9.17) is 16.3 Å². The van der Waals surface area contributed by atoms with Gasteiger partial charge in [-0.2, -0.15) is 4.80 Å². The number of hydrogen-bond acceptors (Lipinski definition) is 4. The molecule has 0 aliphatic heterocycles. The summed E-state index contributed by atoms with van der Waals surface area (Å²) in [6.07, 6.45) is 8.16. The van der Waals surface area contributed by atoms with Crippen molar-refractivity contribution < 1.29 is 9.53 Å². The number of fused-ring (bicyclic) bond motifs is 1. The van der Waals surface area contributed by atoms with E-state index in [1.807, 2.05) is 30.3 Å². The van der Waals surface area contributed by atoms with E-state index in [0.717, 1.165) is 40.7 Å². The van der Waals surface area contributed by atoms with E-state index in [2.05, 4.69) is 44.0 Å². The summed E-state index contributed by atoms with van der Waals surface area (Å²) in [6, 6.07) is 11.8. The molecule has 0 aliphatic carbocycles. The van der Waals surface area contributed by atoms with Crippen LogP contribution in [0.4, 0.5) is 0 Å². The number of aromatic nitrogens is 3. The Hall–Kier alpha value is -2.40. The van der Waals surface area contributed by atoms with Crippen molar-refractivity contribution in [2.75, 3.05) is 6.61 Å². The van der Waals surface area contributed by atoms with Gasteiger partial charge in [0.1, 0.15) is 11.0 Å². The second-order valence-corrected chi connectivity index (χ2v) is 10.1. The van der Waals surface area contributed by atoms with Crippen molar-refractivity contribution in [1.29, 1.82) is 0 Å². The Kier molecular flexibility index (Phi) is 8.90. The molecule has 0 aliphatic rings. The summed E-state index contributed by atoms with van der Waals surface area (Å²) >= 11 is 6.11. The molecule has 2 aromatic carbocycles. The molecule has 0 saturated carbocycles. The van der Waals surface area contributed by atoms with Gasteiger partial charge in [0.05, 0.1) is 12.3 Å². The Bertz CT molecular complexity index is 1070. The average molecular weight is 470 g/mol. The average Bonchev–Trinajstić information content (AvgIpc) is 3.19. The molecule has 0 radical (unpaired) electrons. The Morgan fingerprint density at radius 3 is 2.45 bits per heavy atom. The summed E-state index contributed by atoms with van der Waals surface area (Å²) in [4.78, 5) is 13.9. The second-order valence-electron chi connectivity index (χ2n) is 9.71. The number of esters is 1. The van der Waals surface area contributed by atoms with Crippen molar-refractivity contribution in [2.24, 2.45) is 0 Å². The summed E-state index contributed by atoms with van der Waals surface area (Å²) in [5.74, 6) is -0.123. The maximum Gasteiger partial charge on any atom is 0.306 e. The van der Waals surface area contributed by atoms with Crippen molar-refractivity contribution in [3.63, 3.8) is 0 Å². The Labute approximate surface area is 202 Å². The first-order chi connectivity index (χ1) is 15.8. The van der Waals surface area contributed by atoms with E-state index in [-0.39, 0.29) is 11.4 Å². The van der Waals surface area contributed by atoms with Gasteiger partial charge in [0.15, 0.2) is 0 Å². The molecule has 0 unspecified atom stereocenters. The van der Waals surface area contributed by atoms with Crippen molar-refractivity contribution in [3.8, 4) is 5.69 Å². The summed E-state index contributed by atoms with van der Waals surface area (Å²) in [5, 5.41) is 9.92. The summed E-state index contributed by atoms with van der Waals surface area (Å²) < 4.78 is 5.43. The molecule has 178 valence electrons. The zero-order valence-corrected chi connectivity index (χ0v) is 21.1. The Morgan fingerprint density at radius 1 is 0.970 bits per heavy atom. The van der Waals surface area contributed by atoms with Gasteiger partial charge in [0.2, 0.25) is 0 Å². The van der Waals surface area contributed by atoms with Crippen LogP contribution in [0, 0.1) is 0 Å². The van der Waals surface area contributed by atoms with Crippen molar-refractivity contribution in [2.45, 2.75) is 84.5 Å². The molecular weight excluding hydrogens is 434 g/mol. The van der Waals surface area contributed by atoms with Crippen LogP contribution >= 0.6 is 11.6 Å². The Balaban J connectivity index is 1.63. The predicted molar refractivity (Wildman–Crippen MR) is 135 cm³/mol. The zero-order valence-electron chi connectivity index (χ0n) is 20.4. The van der Waals surface area contributed by atoms with Gasteiger partial charge in [-0.15, -0.1) is 10.2 Å². The lowest BCUT2D eigenvalue weighted by molar-refractivity contribution is -0.143.